The minimum atomic E-state index is 0. The van der Waals surface area contributed by atoms with Crippen LogP contribution in [0.1, 0.15) is 0 Å². The van der Waals surface area contributed by atoms with E-state index in [0.29, 0.717) is 0 Å². The van der Waals surface area contributed by atoms with Gasteiger partial charge in [0, 0.05) is 20.4 Å². The van der Waals surface area contributed by atoms with E-state index in [-0.39, 0.29) is 198 Å². The Hall–Kier alpha value is 5.68. The summed E-state index contributed by atoms with van der Waals surface area (Å²) in [6, 6.07) is 0. The molecule has 58 valence electrons. The predicted octanol–water partition coefficient (Wildman–Crippen LogP) is -3.46. The van der Waals surface area contributed by atoms with Crippen LogP contribution < -0.4 is 103 Å². The van der Waals surface area contributed by atoms with Crippen LogP contribution in [0.3, 0.4) is 0 Å². The van der Waals surface area contributed by atoms with E-state index in [1.807, 2.05) is 0 Å². The van der Waals surface area contributed by atoms with E-state index in [2.05, 4.69) is 0 Å². The molecule has 0 radical (unpaired) electrons. The molecule has 0 fully saturated rings. The first kappa shape index (κ1) is 85.2. The summed E-state index contributed by atoms with van der Waals surface area (Å²) in [6.45, 7) is 0. The fourth-order valence-corrected chi connectivity index (χ4v) is 0. The van der Waals surface area contributed by atoms with Crippen molar-refractivity contribution in [3.8, 4) is 0 Å². The summed E-state index contributed by atoms with van der Waals surface area (Å²) >= 11 is 0. The standard InChI is InChI=1S/6ClH.2K.Pd/h6*1H;;;/q;;;;;;2*+1;. The molecule has 0 heterocycles. The van der Waals surface area contributed by atoms with Crippen molar-refractivity contribution in [2.45, 2.75) is 0 Å². The van der Waals surface area contributed by atoms with Gasteiger partial charge in [-0.05, 0) is 0 Å². The Kier molecular flexibility index (Phi) is 646. The Balaban J connectivity index is 0. The molecule has 9 heavy (non-hydrogen) atoms. The average molecular weight is 403 g/mol. The van der Waals surface area contributed by atoms with E-state index >= 15 is 0 Å². The van der Waals surface area contributed by atoms with Crippen molar-refractivity contribution < 1.29 is 123 Å². The second kappa shape index (κ2) is 68.2. The number of hydrogen-bond donors (Lipinski definition) is 0. The van der Waals surface area contributed by atoms with Crippen molar-refractivity contribution in [2.75, 3.05) is 0 Å². The zero-order chi connectivity index (χ0) is 0. The summed E-state index contributed by atoms with van der Waals surface area (Å²) in [5.41, 5.74) is 0. The van der Waals surface area contributed by atoms with Crippen LogP contribution in [-0.2, 0) is 20.4 Å². The summed E-state index contributed by atoms with van der Waals surface area (Å²) in [4.78, 5) is 0. The second-order valence-corrected chi connectivity index (χ2v) is 0. The third-order valence-electron chi connectivity index (χ3n) is 0. The van der Waals surface area contributed by atoms with Crippen LogP contribution in [0.15, 0.2) is 0 Å². The van der Waals surface area contributed by atoms with Crippen LogP contribution in [0.5, 0.6) is 0 Å². The Morgan fingerprint density at radius 1 is 0.333 bits per heavy atom. The normalized spacial score (nSPS) is 0. The molecule has 0 aromatic heterocycles. The minimum absolute atomic E-state index is 0. The molecule has 0 atom stereocenters. The molecule has 0 spiro atoms. The van der Waals surface area contributed by atoms with Crippen molar-refractivity contribution in [1.82, 2.24) is 0 Å². The molecule has 0 aromatic carbocycles. The second-order valence-electron chi connectivity index (χ2n) is 0. The largest absolute Gasteiger partial charge is 1.00 e. The van der Waals surface area contributed by atoms with E-state index in [4.69, 9.17) is 0 Å². The van der Waals surface area contributed by atoms with E-state index in [0.717, 1.165) is 0 Å². The Labute approximate surface area is 192 Å². The van der Waals surface area contributed by atoms with Gasteiger partial charge in [0.1, 0.15) is 0 Å². The molecular formula is H6Cl6K2Pd+2. The SMILES string of the molecule is Cl.Cl.Cl.Cl.Cl.Cl.[K+].[K+].[Pd]. The van der Waals surface area contributed by atoms with Crippen LogP contribution in [0.25, 0.3) is 0 Å². The summed E-state index contributed by atoms with van der Waals surface area (Å²) in [7, 11) is 0. The van der Waals surface area contributed by atoms with Gasteiger partial charge >= 0.3 is 103 Å². The van der Waals surface area contributed by atoms with Gasteiger partial charge in [-0.15, -0.1) is 74.4 Å². The summed E-state index contributed by atoms with van der Waals surface area (Å²) in [6.07, 6.45) is 0. The third kappa shape index (κ3) is 57.9. The summed E-state index contributed by atoms with van der Waals surface area (Å²) in [5, 5.41) is 0. The van der Waals surface area contributed by atoms with Gasteiger partial charge in [-0.2, -0.15) is 0 Å². The molecule has 0 rings (SSSR count). The average Bonchev–Trinajstić information content (AvgIpc) is 0. The predicted molar refractivity (Wildman–Crippen MR) is 43.5 cm³/mol. The first-order valence-corrected chi connectivity index (χ1v) is 0. The van der Waals surface area contributed by atoms with Crippen molar-refractivity contribution >= 4 is 74.4 Å². The molecule has 0 nitrogen and oxygen atoms in total. The van der Waals surface area contributed by atoms with Crippen molar-refractivity contribution in [1.29, 1.82) is 0 Å². The molecule has 0 bridgehead atoms. The summed E-state index contributed by atoms with van der Waals surface area (Å²) < 4.78 is 0. The van der Waals surface area contributed by atoms with Gasteiger partial charge < -0.3 is 0 Å². The van der Waals surface area contributed by atoms with Gasteiger partial charge in [0.25, 0.3) is 0 Å². The van der Waals surface area contributed by atoms with Crippen LogP contribution in [-0.4, -0.2) is 0 Å². The number of halogens is 6. The van der Waals surface area contributed by atoms with E-state index in [9.17, 15) is 0 Å². The molecule has 0 aromatic rings. The Morgan fingerprint density at radius 3 is 0.333 bits per heavy atom. The van der Waals surface area contributed by atoms with E-state index in [1.165, 1.54) is 0 Å². The Bertz CT molecular complexity index is 11.0. The number of hydrogen-bond acceptors (Lipinski definition) is 0. The molecule has 0 aliphatic rings. The van der Waals surface area contributed by atoms with Crippen LogP contribution in [0, 0.1) is 0 Å². The molecular weight excluding hydrogens is 397 g/mol. The molecule has 0 amide bonds. The zero-order valence-electron chi connectivity index (χ0n) is 4.77. The van der Waals surface area contributed by atoms with Crippen molar-refractivity contribution in [3.05, 3.63) is 0 Å². The quantitative estimate of drug-likeness (QED) is 0.369. The molecule has 0 saturated heterocycles. The molecule has 0 saturated carbocycles. The smallest absolute Gasteiger partial charge is 0.147 e. The first-order chi connectivity index (χ1) is 0. The van der Waals surface area contributed by atoms with Gasteiger partial charge in [0.2, 0.25) is 0 Å². The molecule has 0 aliphatic carbocycles. The van der Waals surface area contributed by atoms with E-state index < -0.39 is 0 Å². The van der Waals surface area contributed by atoms with Gasteiger partial charge in [-0.1, -0.05) is 0 Å². The van der Waals surface area contributed by atoms with Gasteiger partial charge in [0.15, 0.2) is 0 Å². The first-order valence-electron chi connectivity index (χ1n) is 0. The molecule has 0 N–H and O–H groups in total. The van der Waals surface area contributed by atoms with Crippen molar-refractivity contribution in [3.63, 3.8) is 0 Å². The monoisotopic (exact) mass is 400 g/mol. The maximum Gasteiger partial charge on any atom is 1.00 e. The van der Waals surface area contributed by atoms with Gasteiger partial charge in [-0.3, -0.25) is 0 Å². The minimum Gasteiger partial charge on any atom is -0.147 e. The van der Waals surface area contributed by atoms with Gasteiger partial charge in [-0.25, -0.2) is 0 Å². The molecule has 9 heteroatoms. The summed E-state index contributed by atoms with van der Waals surface area (Å²) in [5.74, 6) is 0. The zero-order valence-corrected chi connectivity index (χ0v) is 17.5. The molecule has 0 aliphatic heterocycles. The maximum absolute atomic E-state index is 0. The van der Waals surface area contributed by atoms with Crippen molar-refractivity contribution in [2.24, 2.45) is 0 Å². The molecule has 0 unspecified atom stereocenters. The van der Waals surface area contributed by atoms with Crippen LogP contribution in [0.2, 0.25) is 0 Å². The Morgan fingerprint density at radius 2 is 0.333 bits per heavy atom. The van der Waals surface area contributed by atoms with E-state index in [1.54, 1.807) is 0 Å². The topological polar surface area (TPSA) is 0 Å². The fraction of sp³-hybridized carbons (Fsp3) is 0. The van der Waals surface area contributed by atoms with Crippen LogP contribution >= 0.6 is 74.4 Å². The number of rotatable bonds is 0. The third-order valence-corrected chi connectivity index (χ3v) is 0. The fourth-order valence-electron chi connectivity index (χ4n) is 0. The maximum atomic E-state index is 0. The van der Waals surface area contributed by atoms with Crippen LogP contribution in [0.4, 0.5) is 0 Å². The van der Waals surface area contributed by atoms with Gasteiger partial charge in [0.05, 0.1) is 0 Å².